The first-order valence-corrected chi connectivity index (χ1v) is 8.00. The smallest absolute Gasteiger partial charge is 0.269 e. The molecule has 0 aromatic carbocycles. The Bertz CT molecular complexity index is 1000. The lowest BCUT2D eigenvalue weighted by atomic mass is 10.1. The Labute approximate surface area is 145 Å². The number of rotatable bonds is 2. The molecule has 4 rings (SSSR count). The van der Waals surface area contributed by atoms with E-state index in [-0.39, 0.29) is 12.2 Å². The highest BCUT2D eigenvalue weighted by molar-refractivity contribution is 9.10. The molecule has 24 heavy (non-hydrogen) atoms. The van der Waals surface area contributed by atoms with Crippen LogP contribution < -0.4 is 15.0 Å². The molecule has 3 aromatic heterocycles. The fraction of sp³-hybridized carbons (Fsp3) is 0.118. The van der Waals surface area contributed by atoms with Crippen LogP contribution in [0.2, 0.25) is 0 Å². The highest BCUT2D eigenvalue weighted by Gasteiger charge is 2.24. The SMILES string of the molecule is COc1cncc(-n2c3c(cc(Br)c2=O)-c2ncccc2OC3)c1. The van der Waals surface area contributed by atoms with Crippen LogP contribution in [-0.2, 0) is 6.61 Å². The summed E-state index contributed by atoms with van der Waals surface area (Å²) in [4.78, 5) is 21.3. The van der Waals surface area contributed by atoms with E-state index in [2.05, 4.69) is 25.9 Å². The Balaban J connectivity index is 2.03. The van der Waals surface area contributed by atoms with Crippen molar-refractivity contribution in [2.75, 3.05) is 7.11 Å². The van der Waals surface area contributed by atoms with E-state index < -0.39 is 0 Å². The third-order valence-corrected chi connectivity index (χ3v) is 4.41. The van der Waals surface area contributed by atoms with Crippen molar-refractivity contribution in [1.82, 2.24) is 14.5 Å². The summed E-state index contributed by atoms with van der Waals surface area (Å²) >= 11 is 3.36. The average molecular weight is 386 g/mol. The molecule has 120 valence electrons. The highest BCUT2D eigenvalue weighted by Crippen LogP contribution is 2.36. The van der Waals surface area contributed by atoms with Gasteiger partial charge in [-0.1, -0.05) is 0 Å². The van der Waals surface area contributed by atoms with Crippen LogP contribution in [-0.4, -0.2) is 21.6 Å². The van der Waals surface area contributed by atoms with E-state index in [9.17, 15) is 4.79 Å². The summed E-state index contributed by atoms with van der Waals surface area (Å²) in [6.45, 7) is 0.272. The van der Waals surface area contributed by atoms with Crippen LogP contribution in [0.5, 0.6) is 11.5 Å². The standard InChI is InChI=1S/C17H12BrN3O3/c1-23-11-5-10(7-19-8-11)21-14-9-24-15-3-2-4-20-16(15)12(14)6-13(18)17(21)22/h2-8H,9H2,1H3. The number of aromatic nitrogens is 3. The van der Waals surface area contributed by atoms with Crippen LogP contribution in [0.1, 0.15) is 5.69 Å². The fourth-order valence-corrected chi connectivity index (χ4v) is 3.14. The van der Waals surface area contributed by atoms with E-state index in [1.54, 1.807) is 42.4 Å². The molecule has 0 fully saturated rings. The number of methoxy groups -OCH3 is 1. The van der Waals surface area contributed by atoms with Gasteiger partial charge in [-0.25, -0.2) is 0 Å². The van der Waals surface area contributed by atoms with Crippen molar-refractivity contribution < 1.29 is 9.47 Å². The van der Waals surface area contributed by atoms with Crippen molar-refractivity contribution in [3.8, 4) is 28.4 Å². The molecule has 0 saturated heterocycles. The number of ether oxygens (including phenoxy) is 2. The molecule has 6 nitrogen and oxygen atoms in total. The molecule has 0 bridgehead atoms. The number of hydrogen-bond acceptors (Lipinski definition) is 5. The number of fused-ring (bicyclic) bond motifs is 3. The Morgan fingerprint density at radius 3 is 3.04 bits per heavy atom. The van der Waals surface area contributed by atoms with Gasteiger partial charge in [0, 0.05) is 17.8 Å². The van der Waals surface area contributed by atoms with Gasteiger partial charge in [0.2, 0.25) is 0 Å². The fourth-order valence-electron chi connectivity index (χ4n) is 2.74. The molecule has 0 atom stereocenters. The first-order valence-electron chi connectivity index (χ1n) is 7.21. The first-order chi connectivity index (χ1) is 11.7. The van der Waals surface area contributed by atoms with Crippen LogP contribution >= 0.6 is 15.9 Å². The van der Waals surface area contributed by atoms with E-state index in [1.807, 2.05) is 12.1 Å². The van der Waals surface area contributed by atoms with Crippen LogP contribution in [0.25, 0.3) is 16.9 Å². The second kappa shape index (κ2) is 5.76. The van der Waals surface area contributed by atoms with Crippen LogP contribution in [0.4, 0.5) is 0 Å². The van der Waals surface area contributed by atoms with Crippen molar-refractivity contribution in [2.24, 2.45) is 0 Å². The molecule has 0 unspecified atom stereocenters. The molecular formula is C17H12BrN3O3. The van der Waals surface area contributed by atoms with E-state index >= 15 is 0 Å². The lowest BCUT2D eigenvalue weighted by molar-refractivity contribution is 0.292. The largest absolute Gasteiger partial charge is 0.495 e. The zero-order chi connectivity index (χ0) is 16.7. The van der Waals surface area contributed by atoms with Crippen molar-refractivity contribution >= 4 is 15.9 Å². The minimum absolute atomic E-state index is 0.188. The molecule has 1 aliphatic rings. The molecule has 7 heteroatoms. The van der Waals surface area contributed by atoms with Crippen molar-refractivity contribution in [2.45, 2.75) is 6.61 Å². The zero-order valence-electron chi connectivity index (χ0n) is 12.7. The lowest BCUT2D eigenvalue weighted by Crippen LogP contribution is -2.26. The maximum atomic E-state index is 12.7. The van der Waals surface area contributed by atoms with E-state index in [0.717, 1.165) is 11.3 Å². The van der Waals surface area contributed by atoms with Gasteiger partial charge in [0.15, 0.2) is 0 Å². The molecule has 0 N–H and O–H groups in total. The predicted molar refractivity (Wildman–Crippen MR) is 91.6 cm³/mol. The summed E-state index contributed by atoms with van der Waals surface area (Å²) in [5, 5.41) is 0. The van der Waals surface area contributed by atoms with Gasteiger partial charge in [-0.05, 0) is 34.1 Å². The van der Waals surface area contributed by atoms with Gasteiger partial charge >= 0.3 is 0 Å². The number of nitrogens with zero attached hydrogens (tertiary/aromatic N) is 3. The number of hydrogen-bond donors (Lipinski definition) is 0. The first kappa shape index (κ1) is 14.9. The van der Waals surface area contributed by atoms with Gasteiger partial charge in [0.25, 0.3) is 5.56 Å². The molecule has 0 radical (unpaired) electrons. The maximum absolute atomic E-state index is 12.7. The molecule has 0 aliphatic carbocycles. The third kappa shape index (κ3) is 2.28. The van der Waals surface area contributed by atoms with E-state index in [4.69, 9.17) is 9.47 Å². The number of halogens is 1. The molecular weight excluding hydrogens is 374 g/mol. The second-order valence-corrected chi connectivity index (χ2v) is 6.07. The van der Waals surface area contributed by atoms with Crippen molar-refractivity contribution in [3.05, 3.63) is 63.4 Å². The average Bonchev–Trinajstić information content (AvgIpc) is 2.63. The predicted octanol–water partition coefficient (Wildman–Crippen LogP) is 2.96. The summed E-state index contributed by atoms with van der Waals surface area (Å²) in [5.41, 5.74) is 2.71. The van der Waals surface area contributed by atoms with Gasteiger partial charge in [0.05, 0.1) is 35.4 Å². The normalized spacial score (nSPS) is 12.1. The van der Waals surface area contributed by atoms with Crippen LogP contribution in [0.15, 0.2) is 52.1 Å². The molecule has 0 spiro atoms. The van der Waals surface area contributed by atoms with Gasteiger partial charge in [-0.2, -0.15) is 0 Å². The van der Waals surface area contributed by atoms with Crippen LogP contribution in [0, 0.1) is 0 Å². The molecule has 4 heterocycles. The summed E-state index contributed by atoms with van der Waals surface area (Å²) in [6.07, 6.45) is 4.91. The Kier molecular flexibility index (Phi) is 3.57. The molecule has 3 aromatic rings. The Hall–Kier alpha value is -2.67. The summed E-state index contributed by atoms with van der Waals surface area (Å²) < 4.78 is 13.0. The topological polar surface area (TPSA) is 66.2 Å². The summed E-state index contributed by atoms with van der Waals surface area (Å²) in [5.74, 6) is 1.27. The Morgan fingerprint density at radius 1 is 1.33 bits per heavy atom. The quantitative estimate of drug-likeness (QED) is 0.678. The van der Waals surface area contributed by atoms with E-state index in [1.165, 1.54) is 0 Å². The van der Waals surface area contributed by atoms with Gasteiger partial charge in [-0.3, -0.25) is 19.3 Å². The van der Waals surface area contributed by atoms with Gasteiger partial charge < -0.3 is 9.47 Å². The van der Waals surface area contributed by atoms with Gasteiger partial charge in [0.1, 0.15) is 23.8 Å². The molecule has 0 amide bonds. The third-order valence-electron chi connectivity index (χ3n) is 3.84. The summed E-state index contributed by atoms with van der Waals surface area (Å²) in [7, 11) is 1.56. The molecule has 1 aliphatic heterocycles. The minimum atomic E-state index is -0.188. The second-order valence-electron chi connectivity index (χ2n) is 5.21. The van der Waals surface area contributed by atoms with Crippen LogP contribution in [0.3, 0.4) is 0 Å². The van der Waals surface area contributed by atoms with Gasteiger partial charge in [-0.15, -0.1) is 0 Å². The molecule has 0 saturated carbocycles. The Morgan fingerprint density at radius 2 is 2.21 bits per heavy atom. The maximum Gasteiger partial charge on any atom is 0.269 e. The van der Waals surface area contributed by atoms with E-state index in [0.29, 0.717) is 27.4 Å². The monoisotopic (exact) mass is 385 g/mol. The lowest BCUT2D eigenvalue weighted by Gasteiger charge is -2.23. The zero-order valence-corrected chi connectivity index (χ0v) is 14.3. The van der Waals surface area contributed by atoms with Crippen molar-refractivity contribution in [1.29, 1.82) is 0 Å². The minimum Gasteiger partial charge on any atom is -0.495 e. The highest BCUT2D eigenvalue weighted by atomic mass is 79.9. The van der Waals surface area contributed by atoms with Crippen molar-refractivity contribution in [3.63, 3.8) is 0 Å². The number of pyridine rings is 3. The summed E-state index contributed by atoms with van der Waals surface area (Å²) in [6, 6.07) is 7.23.